The number of halogens is 1. The first-order chi connectivity index (χ1) is 10.1. The number of nitrogens with zero attached hydrogens (tertiary/aromatic N) is 2. The highest BCUT2D eigenvalue weighted by atomic mass is 32.2. The van der Waals surface area contributed by atoms with E-state index in [0.29, 0.717) is 0 Å². The maximum absolute atomic E-state index is 13.1. The molecule has 3 N–H and O–H groups in total. The summed E-state index contributed by atoms with van der Waals surface area (Å²) < 4.78 is 15.0. The molecule has 6 heteroatoms. The van der Waals surface area contributed by atoms with Crippen molar-refractivity contribution in [3.63, 3.8) is 0 Å². The molecule has 0 aliphatic carbocycles. The Morgan fingerprint density at radius 1 is 1.43 bits per heavy atom. The predicted octanol–water partition coefficient (Wildman–Crippen LogP) is 2.29. The summed E-state index contributed by atoms with van der Waals surface area (Å²) in [6.07, 6.45) is 1.72. The Morgan fingerprint density at radius 3 is 2.86 bits per heavy atom. The number of nitrogens with one attached hydrogen (secondary N) is 1. The lowest BCUT2D eigenvalue weighted by atomic mass is 10.2. The smallest absolute Gasteiger partial charge is 0.124 e. The van der Waals surface area contributed by atoms with Gasteiger partial charge >= 0.3 is 0 Å². The van der Waals surface area contributed by atoms with Gasteiger partial charge in [-0.3, -0.25) is 16.0 Å². The molecule has 0 saturated heterocycles. The van der Waals surface area contributed by atoms with E-state index in [1.165, 1.54) is 12.1 Å². The summed E-state index contributed by atoms with van der Waals surface area (Å²) in [6.45, 7) is 2.09. The first-order valence-corrected chi connectivity index (χ1v) is 7.97. The van der Waals surface area contributed by atoms with Gasteiger partial charge in [-0.2, -0.15) is 5.10 Å². The number of thioether (sulfide) groups is 1. The Bertz CT molecular complexity index is 585. The fourth-order valence-corrected chi connectivity index (χ4v) is 3.09. The van der Waals surface area contributed by atoms with Crippen LogP contribution in [0.2, 0.25) is 0 Å². The maximum atomic E-state index is 13.1. The molecule has 21 heavy (non-hydrogen) atoms. The molecule has 0 aliphatic heterocycles. The maximum Gasteiger partial charge on any atom is 0.124 e. The summed E-state index contributed by atoms with van der Waals surface area (Å²) >= 11 is 1.59. The van der Waals surface area contributed by atoms with Gasteiger partial charge in [-0.25, -0.2) is 4.39 Å². The number of benzene rings is 1. The molecule has 1 aromatic heterocycles. The van der Waals surface area contributed by atoms with Crippen LogP contribution in [-0.4, -0.2) is 21.6 Å². The Hall–Kier alpha value is -1.37. The number of hydrogen-bond donors (Lipinski definition) is 2. The number of hydrogen-bond acceptors (Lipinski definition) is 4. The predicted molar refractivity (Wildman–Crippen MR) is 84.5 cm³/mol. The minimum absolute atomic E-state index is 0.110. The number of nitrogens with two attached hydrogens (primary N) is 1. The van der Waals surface area contributed by atoms with E-state index in [2.05, 4.69) is 23.5 Å². The zero-order valence-electron chi connectivity index (χ0n) is 12.3. The van der Waals surface area contributed by atoms with E-state index in [1.807, 2.05) is 17.8 Å². The minimum Gasteiger partial charge on any atom is -0.272 e. The topological polar surface area (TPSA) is 55.9 Å². The van der Waals surface area contributed by atoms with E-state index in [4.69, 9.17) is 5.84 Å². The molecular weight excluding hydrogens is 287 g/mol. The molecule has 0 aliphatic rings. The normalized spacial score (nSPS) is 12.6. The number of hydrazine groups is 1. The van der Waals surface area contributed by atoms with Crippen LogP contribution >= 0.6 is 11.8 Å². The lowest BCUT2D eigenvalue weighted by molar-refractivity contribution is 0.550. The molecule has 0 saturated carbocycles. The van der Waals surface area contributed by atoms with Crippen molar-refractivity contribution in [2.45, 2.75) is 30.7 Å². The lowest BCUT2D eigenvalue weighted by Crippen LogP contribution is -2.39. The molecule has 0 bridgehead atoms. The second-order valence-corrected chi connectivity index (χ2v) is 6.03. The Morgan fingerprint density at radius 2 is 2.24 bits per heavy atom. The minimum atomic E-state index is -0.212. The molecule has 0 spiro atoms. The molecule has 1 atom stereocenters. The summed E-state index contributed by atoms with van der Waals surface area (Å²) in [5.41, 5.74) is 5.07. The third-order valence-electron chi connectivity index (χ3n) is 3.33. The summed E-state index contributed by atoms with van der Waals surface area (Å²) in [4.78, 5) is 0.912. The van der Waals surface area contributed by atoms with Gasteiger partial charge in [-0.15, -0.1) is 11.8 Å². The third-order valence-corrected chi connectivity index (χ3v) is 4.48. The van der Waals surface area contributed by atoms with Crippen molar-refractivity contribution in [3.8, 4) is 0 Å². The van der Waals surface area contributed by atoms with Crippen LogP contribution in [0.1, 0.15) is 18.3 Å². The molecule has 4 nitrogen and oxygen atoms in total. The van der Waals surface area contributed by atoms with Gasteiger partial charge in [0.15, 0.2) is 0 Å². The van der Waals surface area contributed by atoms with Gasteiger partial charge in [0, 0.05) is 35.9 Å². The molecule has 0 fully saturated rings. The molecule has 2 rings (SSSR count). The van der Waals surface area contributed by atoms with E-state index in [9.17, 15) is 4.39 Å². The van der Waals surface area contributed by atoms with Gasteiger partial charge in [0.2, 0.25) is 0 Å². The zero-order chi connectivity index (χ0) is 15.2. The first kappa shape index (κ1) is 16.0. The highest BCUT2D eigenvalue weighted by Crippen LogP contribution is 2.20. The third kappa shape index (κ3) is 4.56. The monoisotopic (exact) mass is 308 g/mol. The van der Waals surface area contributed by atoms with Crippen molar-refractivity contribution in [2.24, 2.45) is 12.9 Å². The van der Waals surface area contributed by atoms with Crippen LogP contribution in [-0.2, 0) is 19.9 Å². The lowest BCUT2D eigenvalue weighted by Gasteiger charge is -2.15. The molecular formula is C15H21FN4S. The van der Waals surface area contributed by atoms with Gasteiger partial charge < -0.3 is 0 Å². The van der Waals surface area contributed by atoms with Crippen LogP contribution in [0.3, 0.4) is 0 Å². The molecule has 114 valence electrons. The number of aryl methyl sites for hydroxylation is 2. The SMILES string of the molecule is CCc1cc(CC(CSc2cccc(F)c2)NN)n(C)n1. The largest absolute Gasteiger partial charge is 0.272 e. The number of rotatable bonds is 7. The van der Waals surface area contributed by atoms with Crippen molar-refractivity contribution >= 4 is 11.8 Å². The molecule has 1 aromatic carbocycles. The van der Waals surface area contributed by atoms with E-state index in [-0.39, 0.29) is 11.9 Å². The highest BCUT2D eigenvalue weighted by molar-refractivity contribution is 7.99. The molecule has 0 amide bonds. The molecule has 2 aromatic rings. The molecule has 1 heterocycles. The quantitative estimate of drug-likeness (QED) is 0.468. The van der Waals surface area contributed by atoms with Gasteiger partial charge in [-0.05, 0) is 30.7 Å². The van der Waals surface area contributed by atoms with E-state index < -0.39 is 0 Å². The zero-order valence-corrected chi connectivity index (χ0v) is 13.2. The second kappa shape index (κ2) is 7.59. The Kier molecular flexibility index (Phi) is 5.78. The van der Waals surface area contributed by atoms with Gasteiger partial charge in [0.25, 0.3) is 0 Å². The van der Waals surface area contributed by atoms with E-state index in [1.54, 1.807) is 17.8 Å². The van der Waals surface area contributed by atoms with Crippen molar-refractivity contribution in [2.75, 3.05) is 5.75 Å². The van der Waals surface area contributed by atoms with Gasteiger partial charge in [0.05, 0.1) is 5.69 Å². The van der Waals surface area contributed by atoms with Gasteiger partial charge in [0.1, 0.15) is 5.82 Å². The van der Waals surface area contributed by atoms with Crippen molar-refractivity contribution in [1.82, 2.24) is 15.2 Å². The summed E-state index contributed by atoms with van der Waals surface area (Å²) in [5, 5.41) is 4.44. The number of aromatic nitrogens is 2. The van der Waals surface area contributed by atoms with Crippen LogP contribution in [0, 0.1) is 5.82 Å². The molecule has 0 radical (unpaired) electrons. The Balaban J connectivity index is 1.95. The van der Waals surface area contributed by atoms with E-state index in [0.717, 1.165) is 34.9 Å². The average molecular weight is 308 g/mol. The van der Waals surface area contributed by atoms with Crippen LogP contribution < -0.4 is 11.3 Å². The fraction of sp³-hybridized carbons (Fsp3) is 0.400. The Labute approximate surface area is 128 Å². The second-order valence-electron chi connectivity index (χ2n) is 4.94. The van der Waals surface area contributed by atoms with Crippen molar-refractivity contribution in [3.05, 3.63) is 47.5 Å². The highest BCUT2D eigenvalue weighted by Gasteiger charge is 2.12. The average Bonchev–Trinajstić information content (AvgIpc) is 2.84. The summed E-state index contributed by atoms with van der Waals surface area (Å²) in [6, 6.07) is 8.83. The van der Waals surface area contributed by atoms with Crippen LogP contribution in [0.4, 0.5) is 4.39 Å². The van der Waals surface area contributed by atoms with Crippen LogP contribution in [0.25, 0.3) is 0 Å². The summed E-state index contributed by atoms with van der Waals surface area (Å²) in [7, 11) is 1.95. The van der Waals surface area contributed by atoms with Crippen LogP contribution in [0.15, 0.2) is 35.2 Å². The fourth-order valence-electron chi connectivity index (χ4n) is 2.11. The standard InChI is InChI=1S/C15H21FN4S/c1-3-12-8-14(20(2)19-12)9-13(18-17)10-21-15-6-4-5-11(16)7-15/h4-8,13,18H,3,9-10,17H2,1-2H3. The van der Waals surface area contributed by atoms with E-state index >= 15 is 0 Å². The van der Waals surface area contributed by atoms with Gasteiger partial charge in [-0.1, -0.05) is 13.0 Å². The van der Waals surface area contributed by atoms with Crippen LogP contribution in [0.5, 0.6) is 0 Å². The van der Waals surface area contributed by atoms with Crippen molar-refractivity contribution in [1.29, 1.82) is 0 Å². The van der Waals surface area contributed by atoms with Crippen molar-refractivity contribution < 1.29 is 4.39 Å². The molecule has 1 unspecified atom stereocenters. The first-order valence-electron chi connectivity index (χ1n) is 6.98. The summed E-state index contributed by atoms with van der Waals surface area (Å²) in [5.74, 6) is 6.20.